The summed E-state index contributed by atoms with van der Waals surface area (Å²) in [6, 6.07) is 13.6. The average Bonchev–Trinajstić information content (AvgIpc) is 3.56. The van der Waals surface area contributed by atoms with Crippen molar-refractivity contribution >= 4 is 11.7 Å². The zero-order valence-corrected chi connectivity index (χ0v) is 19.6. The molecule has 1 unspecified atom stereocenters. The molecule has 37 heavy (non-hydrogen) atoms. The molecule has 9 nitrogen and oxygen atoms in total. The van der Waals surface area contributed by atoms with Gasteiger partial charge in [0.2, 0.25) is 17.5 Å². The second-order valence-corrected chi connectivity index (χ2v) is 8.23. The highest BCUT2D eigenvalue weighted by Crippen LogP contribution is 2.43. The highest BCUT2D eigenvalue weighted by Gasteiger charge is 2.43. The van der Waals surface area contributed by atoms with E-state index >= 15 is 0 Å². The maximum atomic E-state index is 13.9. The quantitative estimate of drug-likeness (QED) is 0.353. The van der Waals surface area contributed by atoms with Crippen LogP contribution in [0, 0.1) is 5.92 Å². The summed E-state index contributed by atoms with van der Waals surface area (Å²) in [6.45, 7) is 1.57. The molecule has 0 bridgehead atoms. The van der Waals surface area contributed by atoms with E-state index in [0.717, 1.165) is 0 Å². The lowest BCUT2D eigenvalue weighted by Crippen LogP contribution is -2.28. The number of ketones is 1. The Labute approximate surface area is 208 Å². The number of hydrogen-bond acceptors (Lipinski definition) is 8. The molecule has 0 aliphatic carbocycles. The van der Waals surface area contributed by atoms with Gasteiger partial charge in [-0.3, -0.25) is 9.59 Å². The van der Waals surface area contributed by atoms with Crippen LogP contribution in [0.5, 0.6) is 0 Å². The van der Waals surface area contributed by atoms with Crippen molar-refractivity contribution in [2.24, 2.45) is 5.92 Å². The summed E-state index contributed by atoms with van der Waals surface area (Å²) in [5.41, 5.74) is -0.719. The molecular weight excluding hydrogens is 493 g/mol. The molecule has 4 rings (SSSR count). The molecule has 0 spiro atoms. The van der Waals surface area contributed by atoms with Crippen LogP contribution < -0.4 is 5.32 Å². The second-order valence-electron chi connectivity index (χ2n) is 8.23. The number of hydrogen-bond donors (Lipinski definition) is 2. The highest BCUT2D eigenvalue weighted by molar-refractivity contribution is 5.89. The predicted octanol–water partition coefficient (Wildman–Crippen LogP) is 4.45. The molecule has 12 heteroatoms. The van der Waals surface area contributed by atoms with Crippen LogP contribution in [-0.4, -0.2) is 39.1 Å². The lowest BCUT2D eigenvalue weighted by Gasteiger charge is -2.13. The smallest absolute Gasteiger partial charge is 0.381 e. The third kappa shape index (κ3) is 5.43. The van der Waals surface area contributed by atoms with Crippen molar-refractivity contribution < 1.29 is 36.9 Å². The van der Waals surface area contributed by atoms with Gasteiger partial charge in [0.05, 0.1) is 0 Å². The molecule has 0 radical (unpaired) electrons. The largest absolute Gasteiger partial charge is 0.422 e. The minimum absolute atomic E-state index is 0.0404. The van der Waals surface area contributed by atoms with E-state index in [4.69, 9.17) is 9.05 Å². The van der Waals surface area contributed by atoms with E-state index in [2.05, 4.69) is 20.6 Å². The van der Waals surface area contributed by atoms with E-state index in [-0.39, 0.29) is 29.3 Å². The number of nitrogens with one attached hydrogen (secondary N) is 1. The van der Waals surface area contributed by atoms with E-state index in [1.165, 1.54) is 43.4 Å². The standard InChI is InChI=1S/C25H21F3N4O5/c1-13(23(35)29-2)12-17(33)20(34)15-8-10-16(11-9-15)22-30-24(37-32-22)21-18(25(26,27)28)19(31-36-21)14-6-4-3-5-7-14/h3-11,13,20,34H,12H2,1-2H3,(H,29,35)/t13-,20?/m1/s1. The van der Waals surface area contributed by atoms with Crippen LogP contribution in [0.25, 0.3) is 34.3 Å². The van der Waals surface area contributed by atoms with E-state index < -0.39 is 46.9 Å². The Kier molecular flexibility index (Phi) is 7.21. The average molecular weight is 514 g/mol. The first kappa shape index (κ1) is 25.8. The number of benzene rings is 2. The van der Waals surface area contributed by atoms with Crippen LogP contribution in [-0.2, 0) is 15.8 Å². The van der Waals surface area contributed by atoms with Crippen molar-refractivity contribution in [2.75, 3.05) is 7.05 Å². The SMILES string of the molecule is CNC(=O)[C@H](C)CC(=O)C(O)c1ccc(-c2noc(-c3onc(-c4ccccc4)c3C(F)(F)F)n2)cc1. The van der Waals surface area contributed by atoms with Crippen molar-refractivity contribution in [3.05, 3.63) is 65.7 Å². The van der Waals surface area contributed by atoms with Crippen LogP contribution >= 0.6 is 0 Å². The maximum absolute atomic E-state index is 13.9. The molecule has 0 saturated heterocycles. The van der Waals surface area contributed by atoms with Crippen LogP contribution in [0.15, 0.2) is 63.6 Å². The van der Waals surface area contributed by atoms with E-state index in [1.54, 1.807) is 25.1 Å². The van der Waals surface area contributed by atoms with Crippen LogP contribution in [0.1, 0.15) is 30.6 Å². The summed E-state index contributed by atoms with van der Waals surface area (Å²) in [4.78, 5) is 28.0. The first-order chi connectivity index (χ1) is 17.6. The van der Waals surface area contributed by atoms with Gasteiger partial charge in [-0.25, -0.2) is 0 Å². The number of amides is 1. The fraction of sp³-hybridized carbons (Fsp3) is 0.240. The lowest BCUT2D eigenvalue weighted by molar-refractivity contribution is -0.137. The molecular formula is C25H21F3N4O5. The summed E-state index contributed by atoms with van der Waals surface area (Å²) in [5, 5.41) is 20.1. The van der Waals surface area contributed by atoms with Crippen molar-refractivity contribution in [2.45, 2.75) is 25.6 Å². The molecule has 0 fully saturated rings. The van der Waals surface area contributed by atoms with E-state index in [0.29, 0.717) is 5.56 Å². The van der Waals surface area contributed by atoms with E-state index in [9.17, 15) is 27.9 Å². The normalized spacial score (nSPS) is 13.2. The first-order valence-electron chi connectivity index (χ1n) is 11.1. The number of halogens is 3. The zero-order valence-electron chi connectivity index (χ0n) is 19.6. The summed E-state index contributed by atoms with van der Waals surface area (Å²) in [5.74, 6) is -2.73. The third-order valence-corrected chi connectivity index (χ3v) is 5.63. The Bertz CT molecular complexity index is 1400. The molecule has 2 heterocycles. The number of nitrogens with zero attached hydrogens (tertiary/aromatic N) is 3. The Balaban J connectivity index is 1.57. The fourth-order valence-corrected chi connectivity index (χ4v) is 3.68. The van der Waals surface area contributed by atoms with Crippen LogP contribution in [0.3, 0.4) is 0 Å². The summed E-state index contributed by atoms with van der Waals surface area (Å²) >= 11 is 0. The number of aliphatic hydroxyl groups is 1. The Morgan fingerprint density at radius 3 is 2.30 bits per heavy atom. The summed E-state index contributed by atoms with van der Waals surface area (Å²) in [6.07, 6.45) is -6.42. The third-order valence-electron chi connectivity index (χ3n) is 5.63. The molecule has 4 aromatic rings. The zero-order chi connectivity index (χ0) is 26.7. The van der Waals surface area contributed by atoms with Gasteiger partial charge in [0.1, 0.15) is 17.4 Å². The van der Waals surface area contributed by atoms with Gasteiger partial charge in [0.25, 0.3) is 5.89 Å². The van der Waals surface area contributed by atoms with Gasteiger partial charge < -0.3 is 19.5 Å². The first-order valence-corrected chi connectivity index (χ1v) is 11.1. The summed E-state index contributed by atoms with van der Waals surface area (Å²) < 4.78 is 51.8. The second kappa shape index (κ2) is 10.3. The monoisotopic (exact) mass is 514 g/mol. The fourth-order valence-electron chi connectivity index (χ4n) is 3.68. The molecule has 2 atom stereocenters. The predicted molar refractivity (Wildman–Crippen MR) is 123 cm³/mol. The number of aromatic nitrogens is 3. The number of carbonyl (C=O) groups excluding carboxylic acids is 2. The summed E-state index contributed by atoms with van der Waals surface area (Å²) in [7, 11) is 1.45. The molecule has 2 N–H and O–H groups in total. The van der Waals surface area contributed by atoms with Crippen molar-refractivity contribution in [3.63, 3.8) is 0 Å². The molecule has 2 aromatic carbocycles. The van der Waals surface area contributed by atoms with Crippen molar-refractivity contribution in [3.8, 4) is 34.3 Å². The molecule has 2 aromatic heterocycles. The molecule has 192 valence electrons. The number of alkyl halides is 3. The van der Waals surface area contributed by atoms with Gasteiger partial charge >= 0.3 is 6.18 Å². The van der Waals surface area contributed by atoms with Crippen LogP contribution in [0.2, 0.25) is 0 Å². The Hall–Kier alpha value is -4.32. The molecule has 0 aliphatic rings. The number of rotatable bonds is 8. The van der Waals surface area contributed by atoms with Gasteiger partial charge in [-0.15, -0.1) is 0 Å². The van der Waals surface area contributed by atoms with Gasteiger partial charge in [-0.1, -0.05) is 71.8 Å². The highest BCUT2D eigenvalue weighted by atomic mass is 19.4. The maximum Gasteiger partial charge on any atom is 0.422 e. The van der Waals surface area contributed by atoms with E-state index in [1.807, 2.05) is 0 Å². The topological polar surface area (TPSA) is 131 Å². The minimum atomic E-state index is -4.81. The van der Waals surface area contributed by atoms with Crippen molar-refractivity contribution in [1.82, 2.24) is 20.6 Å². The molecule has 1 amide bonds. The van der Waals surface area contributed by atoms with Crippen LogP contribution in [0.4, 0.5) is 13.2 Å². The Morgan fingerprint density at radius 1 is 1.00 bits per heavy atom. The molecule has 0 saturated carbocycles. The lowest BCUT2D eigenvalue weighted by atomic mass is 9.96. The number of aliphatic hydroxyl groups excluding tert-OH is 1. The van der Waals surface area contributed by atoms with Gasteiger partial charge in [0.15, 0.2) is 5.78 Å². The number of Topliss-reactive ketones (excluding diaryl/α,β-unsaturated/α-hetero) is 1. The van der Waals surface area contributed by atoms with Gasteiger partial charge in [-0.2, -0.15) is 18.2 Å². The van der Waals surface area contributed by atoms with Gasteiger partial charge in [-0.05, 0) is 5.56 Å². The van der Waals surface area contributed by atoms with Gasteiger partial charge in [0, 0.05) is 30.5 Å². The Morgan fingerprint density at radius 2 is 1.68 bits per heavy atom. The number of carbonyl (C=O) groups is 2. The van der Waals surface area contributed by atoms with Crippen molar-refractivity contribution in [1.29, 1.82) is 0 Å². The minimum Gasteiger partial charge on any atom is -0.381 e. The molecule has 0 aliphatic heterocycles.